The SMILES string of the molecule is CC1(C)CC1C=CC(=O)OCc1ccccc1. The maximum atomic E-state index is 11.5. The van der Waals surface area contributed by atoms with Crippen LogP contribution in [0, 0.1) is 11.3 Å². The molecule has 2 heteroatoms. The molecule has 0 bridgehead atoms. The number of carbonyl (C=O) groups excluding carboxylic acids is 1. The van der Waals surface area contributed by atoms with Gasteiger partial charge in [0.25, 0.3) is 0 Å². The molecule has 0 radical (unpaired) electrons. The fourth-order valence-corrected chi connectivity index (χ4v) is 1.81. The van der Waals surface area contributed by atoms with Crippen molar-refractivity contribution >= 4 is 5.97 Å². The summed E-state index contributed by atoms with van der Waals surface area (Å²) in [6.07, 6.45) is 4.69. The van der Waals surface area contributed by atoms with Crippen molar-refractivity contribution in [3.05, 3.63) is 48.0 Å². The summed E-state index contributed by atoms with van der Waals surface area (Å²) in [4.78, 5) is 11.5. The van der Waals surface area contributed by atoms with Crippen LogP contribution in [-0.4, -0.2) is 5.97 Å². The van der Waals surface area contributed by atoms with Gasteiger partial charge in [-0.05, 0) is 23.3 Å². The smallest absolute Gasteiger partial charge is 0.330 e. The fraction of sp³-hybridized carbons (Fsp3) is 0.400. The highest BCUT2D eigenvalue weighted by Crippen LogP contribution is 2.52. The van der Waals surface area contributed by atoms with Gasteiger partial charge in [-0.15, -0.1) is 0 Å². The minimum absolute atomic E-state index is 0.253. The van der Waals surface area contributed by atoms with Gasteiger partial charge in [-0.2, -0.15) is 0 Å². The van der Waals surface area contributed by atoms with E-state index in [0.29, 0.717) is 17.9 Å². The lowest BCUT2D eigenvalue weighted by Crippen LogP contribution is -2.01. The molecule has 1 atom stereocenters. The molecule has 0 N–H and O–H groups in total. The second-order valence-electron chi connectivity index (χ2n) is 5.25. The predicted molar refractivity (Wildman–Crippen MR) is 67.3 cm³/mol. The summed E-state index contributed by atoms with van der Waals surface area (Å²) < 4.78 is 5.15. The van der Waals surface area contributed by atoms with E-state index in [1.165, 1.54) is 0 Å². The Hall–Kier alpha value is -1.57. The van der Waals surface area contributed by atoms with Crippen LogP contribution in [0.2, 0.25) is 0 Å². The van der Waals surface area contributed by atoms with Crippen LogP contribution in [0.25, 0.3) is 0 Å². The number of rotatable bonds is 4. The average Bonchev–Trinajstić information content (AvgIpc) is 2.93. The molecule has 0 spiro atoms. The van der Waals surface area contributed by atoms with E-state index in [1.54, 1.807) is 6.08 Å². The largest absolute Gasteiger partial charge is 0.458 e. The molecule has 2 nitrogen and oxygen atoms in total. The van der Waals surface area contributed by atoms with E-state index in [1.807, 2.05) is 36.4 Å². The molecule has 1 aromatic rings. The predicted octanol–water partition coefficient (Wildman–Crippen LogP) is 3.33. The summed E-state index contributed by atoms with van der Waals surface area (Å²) in [5, 5.41) is 0. The zero-order valence-electron chi connectivity index (χ0n) is 10.3. The van der Waals surface area contributed by atoms with Crippen LogP contribution in [0.4, 0.5) is 0 Å². The molecule has 1 fully saturated rings. The monoisotopic (exact) mass is 230 g/mol. The Morgan fingerprint density at radius 3 is 2.65 bits per heavy atom. The lowest BCUT2D eigenvalue weighted by atomic mass is 10.1. The minimum atomic E-state index is -0.253. The van der Waals surface area contributed by atoms with Gasteiger partial charge in [0.05, 0.1) is 0 Å². The van der Waals surface area contributed by atoms with Crippen LogP contribution in [0.15, 0.2) is 42.5 Å². The Kier molecular flexibility index (Phi) is 3.32. The van der Waals surface area contributed by atoms with Crippen LogP contribution >= 0.6 is 0 Å². The topological polar surface area (TPSA) is 26.3 Å². The lowest BCUT2D eigenvalue weighted by Gasteiger charge is -2.01. The van der Waals surface area contributed by atoms with Crippen molar-refractivity contribution < 1.29 is 9.53 Å². The average molecular weight is 230 g/mol. The Morgan fingerprint density at radius 1 is 1.41 bits per heavy atom. The second-order valence-corrected chi connectivity index (χ2v) is 5.25. The van der Waals surface area contributed by atoms with Gasteiger partial charge >= 0.3 is 5.97 Å². The van der Waals surface area contributed by atoms with E-state index < -0.39 is 0 Å². The third kappa shape index (κ3) is 3.45. The van der Waals surface area contributed by atoms with Crippen LogP contribution in [0.1, 0.15) is 25.8 Å². The van der Waals surface area contributed by atoms with Crippen molar-refractivity contribution in [2.24, 2.45) is 11.3 Å². The molecule has 2 rings (SSSR count). The van der Waals surface area contributed by atoms with Crippen LogP contribution in [-0.2, 0) is 16.1 Å². The molecule has 0 aliphatic heterocycles. The number of benzene rings is 1. The van der Waals surface area contributed by atoms with Crippen LogP contribution in [0.3, 0.4) is 0 Å². The van der Waals surface area contributed by atoms with Gasteiger partial charge in [0.15, 0.2) is 0 Å². The molecule has 1 aromatic carbocycles. The summed E-state index contributed by atoms with van der Waals surface area (Å²) in [5.41, 5.74) is 1.39. The van der Waals surface area contributed by atoms with E-state index in [-0.39, 0.29) is 5.97 Å². The van der Waals surface area contributed by atoms with E-state index in [2.05, 4.69) is 13.8 Å². The van der Waals surface area contributed by atoms with Gasteiger partial charge in [0.1, 0.15) is 6.61 Å². The summed E-state index contributed by atoms with van der Waals surface area (Å²) in [6.45, 7) is 4.76. The first kappa shape index (κ1) is 11.9. The quantitative estimate of drug-likeness (QED) is 0.586. The van der Waals surface area contributed by atoms with Gasteiger partial charge in [0.2, 0.25) is 0 Å². The Labute approximate surface area is 102 Å². The number of hydrogen-bond donors (Lipinski definition) is 0. The Bertz CT molecular complexity index is 418. The Balaban J connectivity index is 1.75. The first-order valence-electron chi connectivity index (χ1n) is 5.97. The van der Waals surface area contributed by atoms with Crippen molar-refractivity contribution in [2.45, 2.75) is 26.9 Å². The van der Waals surface area contributed by atoms with Gasteiger partial charge in [-0.1, -0.05) is 50.3 Å². The highest BCUT2D eigenvalue weighted by atomic mass is 16.5. The van der Waals surface area contributed by atoms with Crippen molar-refractivity contribution in [1.29, 1.82) is 0 Å². The van der Waals surface area contributed by atoms with E-state index in [0.717, 1.165) is 12.0 Å². The molecule has 0 amide bonds. The number of esters is 1. The lowest BCUT2D eigenvalue weighted by molar-refractivity contribution is -0.139. The molecule has 1 aliphatic carbocycles. The van der Waals surface area contributed by atoms with Gasteiger partial charge in [0, 0.05) is 6.08 Å². The molecule has 90 valence electrons. The molecule has 0 aromatic heterocycles. The third-order valence-corrected chi connectivity index (χ3v) is 3.28. The maximum Gasteiger partial charge on any atom is 0.330 e. The van der Waals surface area contributed by atoms with Crippen molar-refractivity contribution in [1.82, 2.24) is 0 Å². The van der Waals surface area contributed by atoms with E-state index >= 15 is 0 Å². The van der Waals surface area contributed by atoms with Gasteiger partial charge < -0.3 is 4.74 Å². The molecule has 1 aliphatic rings. The van der Waals surface area contributed by atoms with Gasteiger partial charge in [-0.25, -0.2) is 4.79 Å². The standard InChI is InChI=1S/C15H18O2/c1-15(2)10-13(15)8-9-14(16)17-11-12-6-4-3-5-7-12/h3-9,13H,10-11H2,1-2H3. The second kappa shape index (κ2) is 4.74. The first-order valence-corrected chi connectivity index (χ1v) is 5.97. The minimum Gasteiger partial charge on any atom is -0.458 e. The summed E-state index contributed by atoms with van der Waals surface area (Å²) in [7, 11) is 0. The highest BCUT2D eigenvalue weighted by Gasteiger charge is 2.43. The van der Waals surface area contributed by atoms with Crippen LogP contribution < -0.4 is 0 Å². The normalized spacial score (nSPS) is 21.4. The molecule has 17 heavy (non-hydrogen) atoms. The van der Waals surface area contributed by atoms with Crippen molar-refractivity contribution in [3.8, 4) is 0 Å². The number of hydrogen-bond acceptors (Lipinski definition) is 2. The first-order chi connectivity index (χ1) is 8.08. The molecular formula is C15H18O2. The maximum absolute atomic E-state index is 11.5. The molecule has 0 heterocycles. The van der Waals surface area contributed by atoms with Crippen LogP contribution in [0.5, 0.6) is 0 Å². The number of ether oxygens (including phenoxy) is 1. The molecular weight excluding hydrogens is 212 g/mol. The zero-order valence-corrected chi connectivity index (χ0v) is 10.3. The Morgan fingerprint density at radius 2 is 2.06 bits per heavy atom. The van der Waals surface area contributed by atoms with Crippen molar-refractivity contribution in [3.63, 3.8) is 0 Å². The summed E-state index contributed by atoms with van der Waals surface area (Å²) in [5.74, 6) is 0.281. The van der Waals surface area contributed by atoms with Gasteiger partial charge in [-0.3, -0.25) is 0 Å². The molecule has 0 saturated heterocycles. The molecule has 1 unspecified atom stereocenters. The number of carbonyl (C=O) groups is 1. The fourth-order valence-electron chi connectivity index (χ4n) is 1.81. The van der Waals surface area contributed by atoms with E-state index in [4.69, 9.17) is 4.74 Å². The third-order valence-electron chi connectivity index (χ3n) is 3.28. The van der Waals surface area contributed by atoms with E-state index in [9.17, 15) is 4.79 Å². The number of allylic oxidation sites excluding steroid dienone is 1. The molecule has 1 saturated carbocycles. The zero-order chi connectivity index (χ0) is 12.3. The highest BCUT2D eigenvalue weighted by molar-refractivity contribution is 5.82. The van der Waals surface area contributed by atoms with Crippen molar-refractivity contribution in [2.75, 3.05) is 0 Å². The summed E-state index contributed by atoms with van der Waals surface area (Å²) in [6, 6.07) is 9.71. The summed E-state index contributed by atoms with van der Waals surface area (Å²) >= 11 is 0.